The molecule has 0 unspecified atom stereocenters. The number of likely N-dealkylation sites (tertiary alicyclic amines) is 1. The zero-order valence-electron chi connectivity index (χ0n) is 17.8. The molecule has 8 heteroatoms. The maximum absolute atomic E-state index is 12.6. The number of thiocarbonyl (C=S) groups is 1. The molecular weight excluding hydrogens is 398 g/mol. The molecule has 1 saturated heterocycles. The van der Waals surface area contributed by atoms with Crippen molar-refractivity contribution in [3.05, 3.63) is 30.3 Å². The fourth-order valence-electron chi connectivity index (χ4n) is 4.31. The van der Waals surface area contributed by atoms with Gasteiger partial charge >= 0.3 is 6.03 Å². The molecule has 0 aromatic heterocycles. The van der Waals surface area contributed by atoms with E-state index in [0.29, 0.717) is 36.1 Å². The van der Waals surface area contributed by atoms with Crippen molar-refractivity contribution in [1.82, 2.24) is 21.1 Å². The second-order valence-electron chi connectivity index (χ2n) is 8.54. The van der Waals surface area contributed by atoms with Crippen molar-refractivity contribution < 1.29 is 9.59 Å². The summed E-state index contributed by atoms with van der Waals surface area (Å²) in [5, 5.41) is 6.67. The number of hydrogen-bond acceptors (Lipinski definition) is 3. The molecule has 164 valence electrons. The Hall–Kier alpha value is -2.35. The largest absolute Gasteiger partial charge is 0.358 e. The lowest BCUT2D eigenvalue weighted by molar-refractivity contribution is -0.126. The minimum Gasteiger partial charge on any atom is -0.358 e. The van der Waals surface area contributed by atoms with E-state index >= 15 is 0 Å². The van der Waals surface area contributed by atoms with Crippen molar-refractivity contribution in [3.8, 4) is 0 Å². The van der Waals surface area contributed by atoms with Crippen LogP contribution in [0.15, 0.2) is 30.3 Å². The van der Waals surface area contributed by atoms with Gasteiger partial charge in [0.2, 0.25) is 5.91 Å². The number of urea groups is 1. The summed E-state index contributed by atoms with van der Waals surface area (Å²) < 4.78 is 0. The van der Waals surface area contributed by atoms with Crippen LogP contribution in [0.2, 0.25) is 0 Å². The van der Waals surface area contributed by atoms with Crippen LogP contribution in [0.3, 0.4) is 0 Å². The number of rotatable bonds is 3. The molecule has 4 N–H and O–H groups in total. The van der Waals surface area contributed by atoms with E-state index in [9.17, 15) is 9.59 Å². The molecule has 2 aliphatic rings. The minimum absolute atomic E-state index is 0.138. The summed E-state index contributed by atoms with van der Waals surface area (Å²) in [5.41, 5.74) is 6.32. The fraction of sp³-hybridized carbons (Fsp3) is 0.591. The van der Waals surface area contributed by atoms with Crippen molar-refractivity contribution >= 4 is 35.0 Å². The number of nitrogens with zero attached hydrogens (tertiary/aromatic N) is 1. The number of nitrogens with one attached hydrogen (secondary N) is 4. The third-order valence-electron chi connectivity index (χ3n) is 6.43. The third-order valence-corrected chi connectivity index (χ3v) is 6.65. The van der Waals surface area contributed by atoms with Crippen molar-refractivity contribution in [3.63, 3.8) is 0 Å². The van der Waals surface area contributed by atoms with Gasteiger partial charge < -0.3 is 15.5 Å². The number of hydrazine groups is 1. The molecule has 1 aromatic rings. The maximum atomic E-state index is 12.6. The fourth-order valence-corrected chi connectivity index (χ4v) is 4.51. The molecule has 7 nitrogen and oxygen atoms in total. The van der Waals surface area contributed by atoms with Crippen molar-refractivity contribution in [1.29, 1.82) is 0 Å². The summed E-state index contributed by atoms with van der Waals surface area (Å²) in [6.45, 7) is 5.57. The Morgan fingerprint density at radius 1 is 1.03 bits per heavy atom. The van der Waals surface area contributed by atoms with E-state index in [2.05, 4.69) is 35.3 Å². The smallest absolute Gasteiger partial charge is 0.321 e. The molecule has 1 heterocycles. The van der Waals surface area contributed by atoms with Crippen LogP contribution >= 0.6 is 12.2 Å². The lowest BCUT2D eigenvalue weighted by Crippen LogP contribution is -2.55. The van der Waals surface area contributed by atoms with Crippen molar-refractivity contribution in [2.75, 3.05) is 18.4 Å². The van der Waals surface area contributed by atoms with Crippen molar-refractivity contribution in [2.24, 2.45) is 17.8 Å². The number of piperidine rings is 1. The topological polar surface area (TPSA) is 85.5 Å². The van der Waals surface area contributed by atoms with Crippen LogP contribution in [-0.4, -0.2) is 41.1 Å². The molecule has 3 rings (SSSR count). The molecule has 3 amide bonds. The predicted octanol–water partition coefficient (Wildman–Crippen LogP) is 3.25. The Kier molecular flexibility index (Phi) is 7.90. The first-order valence-electron chi connectivity index (χ1n) is 10.9. The minimum atomic E-state index is -0.260. The van der Waals surface area contributed by atoms with E-state index < -0.39 is 0 Å². The number of amides is 3. The number of carbonyl (C=O) groups is 2. The van der Waals surface area contributed by atoms with Gasteiger partial charge in [-0.15, -0.1) is 0 Å². The quantitative estimate of drug-likeness (QED) is 0.436. The lowest BCUT2D eigenvalue weighted by Gasteiger charge is -2.35. The van der Waals surface area contributed by atoms with Gasteiger partial charge in [-0.05, 0) is 55.4 Å². The van der Waals surface area contributed by atoms with Crippen LogP contribution in [-0.2, 0) is 4.79 Å². The molecule has 1 aromatic carbocycles. The van der Waals surface area contributed by atoms with E-state index in [0.717, 1.165) is 24.9 Å². The summed E-state index contributed by atoms with van der Waals surface area (Å²) in [5.74, 6) is 0.818. The molecule has 1 saturated carbocycles. The Morgan fingerprint density at radius 2 is 1.80 bits per heavy atom. The summed E-state index contributed by atoms with van der Waals surface area (Å²) >= 11 is 5.37. The normalized spacial score (nSPS) is 26.4. The molecule has 2 fully saturated rings. The summed E-state index contributed by atoms with van der Waals surface area (Å²) in [6.07, 6.45) is 5.09. The van der Waals surface area contributed by atoms with Crippen LogP contribution < -0.4 is 21.5 Å². The molecule has 4 atom stereocenters. The second kappa shape index (κ2) is 10.6. The third kappa shape index (κ3) is 6.08. The number of anilines is 1. The highest BCUT2D eigenvalue weighted by molar-refractivity contribution is 7.80. The van der Waals surface area contributed by atoms with E-state index in [1.165, 1.54) is 12.8 Å². The zero-order chi connectivity index (χ0) is 21.5. The Balaban J connectivity index is 1.43. The van der Waals surface area contributed by atoms with Crippen LogP contribution in [0.4, 0.5) is 10.5 Å². The number of benzene rings is 1. The number of carbonyl (C=O) groups excluding carboxylic acids is 2. The standard InChI is InChI=1S/C22H33N5O2S/c1-15-8-6-12-19(16(15)2)24-21(30)26-25-20(28)17-9-7-13-27(14-17)22(29)23-18-10-4-3-5-11-18/h3-5,10-11,15-17,19H,6-9,12-14H2,1-2H3,(H,23,29)(H,25,28)(H2,24,26,30)/t15-,16-,17-,19-/m1/s1. The van der Waals surface area contributed by atoms with Gasteiger partial charge in [-0.3, -0.25) is 15.6 Å². The van der Waals surface area contributed by atoms with Gasteiger partial charge in [0.1, 0.15) is 0 Å². The SMILES string of the molecule is C[C@@H]1[C@H](C)CCC[C@H]1NC(=S)NNC(=O)[C@@H]1CCCN(C(=O)Nc2ccccc2)C1. The van der Waals surface area contributed by atoms with Crippen molar-refractivity contribution in [2.45, 2.75) is 52.0 Å². The average Bonchev–Trinajstić information content (AvgIpc) is 2.76. The molecule has 30 heavy (non-hydrogen) atoms. The first-order chi connectivity index (χ1) is 14.4. The molecule has 0 radical (unpaired) electrons. The highest BCUT2D eigenvalue weighted by Crippen LogP contribution is 2.29. The first kappa shape index (κ1) is 22.3. The predicted molar refractivity (Wildman–Crippen MR) is 123 cm³/mol. The Morgan fingerprint density at radius 3 is 2.57 bits per heavy atom. The highest BCUT2D eigenvalue weighted by atomic mass is 32.1. The molecule has 1 aliphatic carbocycles. The van der Waals surface area contributed by atoms with Gasteiger partial charge in [0.25, 0.3) is 0 Å². The molecule has 0 spiro atoms. The zero-order valence-corrected chi connectivity index (χ0v) is 18.6. The Labute approximate surface area is 184 Å². The second-order valence-corrected chi connectivity index (χ2v) is 8.95. The first-order valence-corrected chi connectivity index (χ1v) is 11.3. The monoisotopic (exact) mass is 431 g/mol. The van der Waals surface area contributed by atoms with E-state index in [-0.39, 0.29) is 17.9 Å². The lowest BCUT2D eigenvalue weighted by atomic mass is 9.78. The number of para-hydroxylation sites is 1. The molecule has 1 aliphatic heterocycles. The van der Waals surface area contributed by atoms with Crippen LogP contribution in [0.25, 0.3) is 0 Å². The number of hydrogen-bond donors (Lipinski definition) is 4. The summed E-state index contributed by atoms with van der Waals surface area (Å²) in [6, 6.07) is 9.49. The summed E-state index contributed by atoms with van der Waals surface area (Å²) in [7, 11) is 0. The van der Waals surface area contributed by atoms with Gasteiger partial charge in [-0.2, -0.15) is 0 Å². The Bertz CT molecular complexity index is 744. The van der Waals surface area contributed by atoms with Gasteiger partial charge in [0.05, 0.1) is 5.92 Å². The average molecular weight is 432 g/mol. The molecular formula is C22H33N5O2S. The van der Waals surface area contributed by atoms with Crippen LogP contribution in [0, 0.1) is 17.8 Å². The summed E-state index contributed by atoms with van der Waals surface area (Å²) in [4.78, 5) is 26.8. The molecule has 0 bridgehead atoms. The highest BCUT2D eigenvalue weighted by Gasteiger charge is 2.30. The van der Waals surface area contributed by atoms with Gasteiger partial charge in [-0.1, -0.05) is 44.9 Å². The van der Waals surface area contributed by atoms with E-state index in [1.54, 1.807) is 4.90 Å². The van der Waals surface area contributed by atoms with Crippen LogP contribution in [0.1, 0.15) is 46.0 Å². The van der Waals surface area contributed by atoms with Crippen LogP contribution in [0.5, 0.6) is 0 Å². The van der Waals surface area contributed by atoms with E-state index in [4.69, 9.17) is 12.2 Å². The van der Waals surface area contributed by atoms with Gasteiger partial charge in [-0.25, -0.2) is 4.79 Å². The van der Waals surface area contributed by atoms with Gasteiger partial charge in [0.15, 0.2) is 5.11 Å². The van der Waals surface area contributed by atoms with Gasteiger partial charge in [0, 0.05) is 24.8 Å². The maximum Gasteiger partial charge on any atom is 0.321 e. The van der Waals surface area contributed by atoms with E-state index in [1.807, 2.05) is 30.3 Å².